The van der Waals surface area contributed by atoms with E-state index >= 15 is 0 Å². The van der Waals surface area contributed by atoms with E-state index in [-0.39, 0.29) is 31.2 Å². The molecule has 0 radical (unpaired) electrons. The van der Waals surface area contributed by atoms with Crippen LogP contribution in [0.15, 0.2) is 24.3 Å². The number of ketones is 1. The van der Waals surface area contributed by atoms with Gasteiger partial charge in [0.25, 0.3) is 0 Å². The Labute approximate surface area is 110 Å². The number of Topliss-reactive ketones (excluding diaryl/α,β-unsaturated/α-hetero) is 1. The lowest BCUT2D eigenvalue weighted by Crippen LogP contribution is -2.30. The lowest BCUT2D eigenvalue weighted by Gasteiger charge is -2.09. The van der Waals surface area contributed by atoms with Crippen molar-refractivity contribution in [3.05, 3.63) is 29.8 Å². The average molecular weight is 264 g/mol. The van der Waals surface area contributed by atoms with Gasteiger partial charge >= 0.3 is 5.97 Å². The van der Waals surface area contributed by atoms with Crippen LogP contribution in [0.1, 0.15) is 23.7 Å². The summed E-state index contributed by atoms with van der Waals surface area (Å²) in [4.78, 5) is 33.2. The first kappa shape index (κ1) is 14.8. The third-order valence-corrected chi connectivity index (χ3v) is 2.38. The first-order chi connectivity index (χ1) is 9.00. The fraction of sp³-hybridized carbons (Fsp3) is 0.308. The van der Waals surface area contributed by atoms with E-state index in [0.29, 0.717) is 11.3 Å². The van der Waals surface area contributed by atoms with Crippen LogP contribution in [0, 0.1) is 0 Å². The summed E-state index contributed by atoms with van der Waals surface area (Å²) < 4.78 is 0. The number of rotatable bonds is 7. The van der Waals surface area contributed by atoms with Crippen molar-refractivity contribution in [3.63, 3.8) is 0 Å². The molecule has 0 spiro atoms. The highest BCUT2D eigenvalue weighted by Crippen LogP contribution is 2.15. The van der Waals surface area contributed by atoms with E-state index in [2.05, 4.69) is 10.6 Å². The zero-order valence-corrected chi connectivity index (χ0v) is 10.6. The molecule has 1 aromatic rings. The number of anilines is 1. The van der Waals surface area contributed by atoms with Crippen LogP contribution in [0.3, 0.4) is 0 Å². The molecule has 3 N–H and O–H groups in total. The van der Waals surface area contributed by atoms with Crippen molar-refractivity contribution in [1.29, 1.82) is 0 Å². The van der Waals surface area contributed by atoms with Gasteiger partial charge in [-0.05, 0) is 19.1 Å². The van der Waals surface area contributed by atoms with Crippen molar-refractivity contribution in [1.82, 2.24) is 5.32 Å². The first-order valence-corrected chi connectivity index (χ1v) is 5.83. The van der Waals surface area contributed by atoms with Crippen molar-refractivity contribution >= 4 is 23.3 Å². The van der Waals surface area contributed by atoms with E-state index in [0.717, 1.165) is 0 Å². The minimum absolute atomic E-state index is 0.000477. The third kappa shape index (κ3) is 5.31. The van der Waals surface area contributed by atoms with Crippen molar-refractivity contribution in [2.24, 2.45) is 0 Å². The van der Waals surface area contributed by atoms with Crippen LogP contribution in [0.5, 0.6) is 0 Å². The molecule has 0 atom stereocenters. The smallest absolute Gasteiger partial charge is 0.304 e. The average Bonchev–Trinajstić information content (AvgIpc) is 2.35. The van der Waals surface area contributed by atoms with Gasteiger partial charge in [-0.15, -0.1) is 0 Å². The molecule has 0 saturated heterocycles. The highest BCUT2D eigenvalue weighted by molar-refractivity contribution is 6.04. The largest absolute Gasteiger partial charge is 0.481 e. The molecule has 0 unspecified atom stereocenters. The van der Waals surface area contributed by atoms with E-state index in [9.17, 15) is 14.4 Å². The molecule has 6 nitrogen and oxygen atoms in total. The summed E-state index contributed by atoms with van der Waals surface area (Å²) in [6.45, 7) is 1.65. The number of carboxylic acids is 1. The SMILES string of the molecule is CC(=O)c1ccccc1NC(=O)CNCCC(=O)O. The Kier molecular flexibility index (Phi) is 5.69. The Morgan fingerprint density at radius 2 is 1.89 bits per heavy atom. The summed E-state index contributed by atoms with van der Waals surface area (Å²) in [6, 6.07) is 6.72. The number of amides is 1. The molecule has 102 valence electrons. The van der Waals surface area contributed by atoms with Gasteiger partial charge in [-0.1, -0.05) is 12.1 Å². The molecule has 0 aliphatic carbocycles. The lowest BCUT2D eigenvalue weighted by molar-refractivity contribution is -0.137. The number of hydrogen-bond acceptors (Lipinski definition) is 4. The van der Waals surface area contributed by atoms with Gasteiger partial charge in [0.15, 0.2) is 5.78 Å². The second-order valence-electron chi connectivity index (χ2n) is 3.97. The van der Waals surface area contributed by atoms with Crippen LogP contribution in [-0.4, -0.2) is 35.9 Å². The monoisotopic (exact) mass is 264 g/mol. The minimum atomic E-state index is -0.921. The van der Waals surface area contributed by atoms with Crippen LogP contribution in [0.25, 0.3) is 0 Å². The van der Waals surface area contributed by atoms with Crippen molar-refractivity contribution in [3.8, 4) is 0 Å². The van der Waals surface area contributed by atoms with Gasteiger partial charge in [0.1, 0.15) is 0 Å². The van der Waals surface area contributed by atoms with E-state index in [1.54, 1.807) is 24.3 Å². The minimum Gasteiger partial charge on any atom is -0.481 e. The Morgan fingerprint density at radius 1 is 1.21 bits per heavy atom. The van der Waals surface area contributed by atoms with Crippen LogP contribution in [-0.2, 0) is 9.59 Å². The number of benzene rings is 1. The second kappa shape index (κ2) is 7.27. The number of carbonyl (C=O) groups excluding carboxylic acids is 2. The summed E-state index contributed by atoms with van der Waals surface area (Å²) in [5.41, 5.74) is 0.904. The molecule has 0 fully saturated rings. The van der Waals surface area contributed by atoms with E-state index in [1.807, 2.05) is 0 Å². The van der Waals surface area contributed by atoms with E-state index in [1.165, 1.54) is 6.92 Å². The Bertz CT molecular complexity index is 485. The molecular weight excluding hydrogens is 248 g/mol. The van der Waals surface area contributed by atoms with E-state index in [4.69, 9.17) is 5.11 Å². The number of carbonyl (C=O) groups is 3. The molecule has 1 aromatic carbocycles. The Morgan fingerprint density at radius 3 is 2.53 bits per heavy atom. The standard InChI is InChI=1S/C13H16N2O4/c1-9(16)10-4-2-3-5-11(10)15-12(17)8-14-7-6-13(18)19/h2-5,14H,6-8H2,1H3,(H,15,17)(H,18,19). The molecule has 0 bridgehead atoms. The number of carboxylic acid groups (broad SMARTS) is 1. The fourth-order valence-corrected chi connectivity index (χ4v) is 1.49. The molecule has 1 rings (SSSR count). The molecule has 0 aliphatic rings. The molecule has 0 saturated carbocycles. The molecule has 6 heteroatoms. The number of aliphatic carboxylic acids is 1. The zero-order chi connectivity index (χ0) is 14.3. The normalized spacial score (nSPS) is 9.95. The predicted molar refractivity (Wildman–Crippen MR) is 70.2 cm³/mol. The zero-order valence-electron chi connectivity index (χ0n) is 10.6. The third-order valence-electron chi connectivity index (χ3n) is 2.38. The lowest BCUT2D eigenvalue weighted by atomic mass is 10.1. The fourth-order valence-electron chi connectivity index (χ4n) is 1.49. The van der Waals surface area contributed by atoms with Crippen molar-refractivity contribution in [2.75, 3.05) is 18.4 Å². The second-order valence-corrected chi connectivity index (χ2v) is 3.97. The highest BCUT2D eigenvalue weighted by atomic mass is 16.4. The summed E-state index contributed by atoms with van der Waals surface area (Å²) in [7, 11) is 0. The van der Waals surface area contributed by atoms with Gasteiger partial charge in [-0.2, -0.15) is 0 Å². The van der Waals surface area contributed by atoms with Crippen LogP contribution < -0.4 is 10.6 Å². The maximum atomic E-state index is 11.6. The highest BCUT2D eigenvalue weighted by Gasteiger charge is 2.09. The number of nitrogens with one attached hydrogen (secondary N) is 2. The van der Waals surface area contributed by atoms with E-state index < -0.39 is 5.97 Å². The van der Waals surface area contributed by atoms with Gasteiger partial charge in [-0.3, -0.25) is 14.4 Å². The maximum absolute atomic E-state index is 11.6. The van der Waals surface area contributed by atoms with Gasteiger partial charge in [-0.25, -0.2) is 0 Å². The van der Waals surface area contributed by atoms with Crippen molar-refractivity contribution < 1.29 is 19.5 Å². The topological polar surface area (TPSA) is 95.5 Å². The first-order valence-electron chi connectivity index (χ1n) is 5.83. The molecule has 1 amide bonds. The van der Waals surface area contributed by atoms with Crippen LogP contribution in [0.2, 0.25) is 0 Å². The van der Waals surface area contributed by atoms with Crippen LogP contribution >= 0.6 is 0 Å². The molecular formula is C13H16N2O4. The predicted octanol–water partition coefficient (Wildman–Crippen LogP) is 0.892. The molecule has 19 heavy (non-hydrogen) atoms. The summed E-state index contributed by atoms with van der Waals surface area (Å²) >= 11 is 0. The Hall–Kier alpha value is -2.21. The summed E-state index contributed by atoms with van der Waals surface area (Å²) in [6.07, 6.45) is -0.0443. The van der Waals surface area contributed by atoms with Gasteiger partial charge in [0.2, 0.25) is 5.91 Å². The van der Waals surface area contributed by atoms with Crippen LogP contribution in [0.4, 0.5) is 5.69 Å². The molecule has 0 aromatic heterocycles. The summed E-state index contributed by atoms with van der Waals surface area (Å²) in [5.74, 6) is -1.37. The summed E-state index contributed by atoms with van der Waals surface area (Å²) in [5, 5.41) is 13.8. The number of hydrogen-bond donors (Lipinski definition) is 3. The Balaban J connectivity index is 2.48. The quantitative estimate of drug-likeness (QED) is 0.502. The van der Waals surface area contributed by atoms with Gasteiger partial charge in [0.05, 0.1) is 18.7 Å². The maximum Gasteiger partial charge on any atom is 0.304 e. The van der Waals surface area contributed by atoms with Gasteiger partial charge < -0.3 is 15.7 Å². The van der Waals surface area contributed by atoms with Gasteiger partial charge in [0, 0.05) is 12.1 Å². The molecule has 0 heterocycles. The van der Waals surface area contributed by atoms with Crippen molar-refractivity contribution in [2.45, 2.75) is 13.3 Å². The molecule has 0 aliphatic heterocycles. The number of para-hydroxylation sites is 1.